The zero-order valence-corrected chi connectivity index (χ0v) is 35.8. The number of benzene rings is 6. The van der Waals surface area contributed by atoms with Gasteiger partial charge in [-0.3, -0.25) is 0 Å². The molecule has 61 heavy (non-hydrogen) atoms. The molecule has 0 radical (unpaired) electrons. The molecule has 2 nitrogen and oxygen atoms in total. The number of para-hydroxylation sites is 1. The van der Waals surface area contributed by atoms with E-state index >= 15 is 0 Å². The van der Waals surface area contributed by atoms with Crippen molar-refractivity contribution in [2.24, 2.45) is 17.8 Å². The largest absolute Gasteiger partial charge is 0.310 e. The van der Waals surface area contributed by atoms with E-state index in [2.05, 4.69) is 176 Å². The Morgan fingerprint density at radius 2 is 1.30 bits per heavy atom. The number of nitrogens with zero attached hydrogens (tertiary/aromatic N) is 2. The van der Waals surface area contributed by atoms with Gasteiger partial charge < -0.3 is 9.47 Å². The summed E-state index contributed by atoms with van der Waals surface area (Å²) in [7, 11) is 0. The highest BCUT2D eigenvalue weighted by Gasteiger charge is 2.57. The summed E-state index contributed by atoms with van der Waals surface area (Å²) in [5, 5.41) is 1.22. The van der Waals surface area contributed by atoms with Crippen LogP contribution in [0.3, 0.4) is 0 Å². The van der Waals surface area contributed by atoms with E-state index in [9.17, 15) is 0 Å². The molecule has 2 bridgehead atoms. The molecule has 6 aromatic carbocycles. The summed E-state index contributed by atoms with van der Waals surface area (Å²) in [6.45, 7) is 8.81. The average Bonchev–Trinajstić information content (AvgIpc) is 4.05. The van der Waals surface area contributed by atoms with Crippen LogP contribution in [0.2, 0.25) is 0 Å². The van der Waals surface area contributed by atoms with E-state index in [1.807, 2.05) is 6.08 Å². The monoisotopic (exact) mass is 792 g/mol. The maximum atomic E-state index is 4.28. The van der Waals surface area contributed by atoms with Gasteiger partial charge in [-0.25, -0.2) is 0 Å². The van der Waals surface area contributed by atoms with E-state index < -0.39 is 0 Å². The molecule has 2 spiro atoms. The van der Waals surface area contributed by atoms with Gasteiger partial charge in [-0.1, -0.05) is 136 Å². The van der Waals surface area contributed by atoms with E-state index in [1.165, 1.54) is 131 Å². The molecule has 5 aliphatic carbocycles. The highest BCUT2D eigenvalue weighted by atomic mass is 15.1. The smallest absolute Gasteiger partial charge is 0.0541 e. The lowest BCUT2D eigenvalue weighted by molar-refractivity contribution is 0.0492. The summed E-state index contributed by atoms with van der Waals surface area (Å²) in [6, 6.07) is 51.9. The second-order valence-electron chi connectivity index (χ2n) is 19.0. The Balaban J connectivity index is 1.08. The molecule has 7 aromatic rings. The van der Waals surface area contributed by atoms with Gasteiger partial charge in [0.25, 0.3) is 0 Å². The number of fused-ring (bicyclic) bond motifs is 9. The average molecular weight is 793 g/mol. The van der Waals surface area contributed by atoms with Gasteiger partial charge in [0.1, 0.15) is 0 Å². The van der Waals surface area contributed by atoms with Crippen molar-refractivity contribution in [3.8, 4) is 27.9 Å². The second-order valence-corrected chi connectivity index (χ2v) is 19.0. The Labute approximate surface area is 362 Å². The first-order valence-corrected chi connectivity index (χ1v) is 23.4. The fraction of sp³-hybridized carbons (Fsp3) is 0.288. The molecule has 0 N–H and O–H groups in total. The molecule has 5 aliphatic rings. The summed E-state index contributed by atoms with van der Waals surface area (Å²) in [5.74, 6) is 2.26. The number of hydrogen-bond donors (Lipinski definition) is 0. The van der Waals surface area contributed by atoms with Crippen LogP contribution < -0.4 is 4.90 Å². The van der Waals surface area contributed by atoms with E-state index in [1.54, 1.807) is 11.1 Å². The van der Waals surface area contributed by atoms with Gasteiger partial charge in [0.15, 0.2) is 0 Å². The van der Waals surface area contributed by atoms with Crippen LogP contribution >= 0.6 is 0 Å². The molecule has 1 heterocycles. The molecular weight excluding hydrogens is 737 g/mol. The molecule has 1 aromatic heterocycles. The molecule has 2 atom stereocenters. The first-order valence-electron chi connectivity index (χ1n) is 23.4. The van der Waals surface area contributed by atoms with Crippen molar-refractivity contribution in [3.05, 3.63) is 180 Å². The summed E-state index contributed by atoms with van der Waals surface area (Å²) >= 11 is 0. The fourth-order valence-electron chi connectivity index (χ4n) is 14.0. The number of allylic oxidation sites excluding steroid dienone is 1. The van der Waals surface area contributed by atoms with E-state index in [-0.39, 0.29) is 10.8 Å². The Kier molecular flexibility index (Phi) is 8.54. The van der Waals surface area contributed by atoms with Crippen molar-refractivity contribution < 1.29 is 0 Å². The first kappa shape index (κ1) is 36.9. The lowest BCUT2D eigenvalue weighted by Crippen LogP contribution is -2.49. The van der Waals surface area contributed by atoms with Crippen LogP contribution in [0.4, 0.5) is 17.1 Å². The van der Waals surface area contributed by atoms with E-state index in [4.69, 9.17) is 0 Å². The lowest BCUT2D eigenvalue weighted by Gasteiger charge is -2.55. The van der Waals surface area contributed by atoms with Crippen LogP contribution in [0.15, 0.2) is 146 Å². The van der Waals surface area contributed by atoms with Gasteiger partial charge >= 0.3 is 0 Å². The van der Waals surface area contributed by atoms with Crippen molar-refractivity contribution in [2.45, 2.75) is 88.9 Å². The van der Waals surface area contributed by atoms with Crippen LogP contribution in [-0.2, 0) is 10.8 Å². The van der Waals surface area contributed by atoms with Crippen LogP contribution in [0.5, 0.6) is 0 Å². The Hall–Kier alpha value is -5.86. The van der Waals surface area contributed by atoms with Crippen molar-refractivity contribution in [1.29, 1.82) is 0 Å². The van der Waals surface area contributed by atoms with Gasteiger partial charge in [0, 0.05) is 44.5 Å². The summed E-state index contributed by atoms with van der Waals surface area (Å²) in [6.07, 6.45) is 19.5. The number of hydrogen-bond acceptors (Lipinski definition) is 1. The van der Waals surface area contributed by atoms with Crippen LogP contribution in [0.25, 0.3) is 51.0 Å². The van der Waals surface area contributed by atoms with E-state index in [0.717, 1.165) is 17.3 Å². The molecule has 0 saturated heterocycles. The van der Waals surface area contributed by atoms with Gasteiger partial charge in [-0.05, 0) is 162 Å². The third kappa shape index (κ3) is 5.14. The zero-order valence-electron chi connectivity index (χ0n) is 35.8. The van der Waals surface area contributed by atoms with Gasteiger partial charge in [-0.15, -0.1) is 0 Å². The lowest BCUT2D eigenvalue weighted by atomic mass is 9.49. The van der Waals surface area contributed by atoms with Gasteiger partial charge in [0.2, 0.25) is 0 Å². The van der Waals surface area contributed by atoms with Crippen LogP contribution in [0, 0.1) is 17.8 Å². The maximum absolute atomic E-state index is 4.28. The summed E-state index contributed by atoms with van der Waals surface area (Å²) in [4.78, 5) is 2.58. The molecule has 2 heteroatoms. The Bertz CT molecular complexity index is 2900. The predicted octanol–water partition coefficient (Wildman–Crippen LogP) is 16.1. The van der Waals surface area contributed by atoms with Crippen molar-refractivity contribution in [3.63, 3.8) is 0 Å². The fourth-order valence-corrected chi connectivity index (χ4v) is 14.0. The Morgan fingerprint density at radius 3 is 2.07 bits per heavy atom. The highest BCUT2D eigenvalue weighted by molar-refractivity contribution is 5.96. The highest BCUT2D eigenvalue weighted by Crippen LogP contribution is 2.66. The summed E-state index contributed by atoms with van der Waals surface area (Å²) in [5.41, 5.74) is 20.5. The molecule has 3 saturated carbocycles. The zero-order chi connectivity index (χ0) is 40.9. The van der Waals surface area contributed by atoms with Crippen LogP contribution in [0.1, 0.15) is 112 Å². The third-order valence-corrected chi connectivity index (χ3v) is 16.4. The maximum Gasteiger partial charge on any atom is 0.0541 e. The molecule has 0 amide bonds. The van der Waals surface area contributed by atoms with Crippen molar-refractivity contribution in [1.82, 2.24) is 4.57 Å². The van der Waals surface area contributed by atoms with E-state index in [0.29, 0.717) is 11.8 Å². The van der Waals surface area contributed by atoms with Crippen molar-refractivity contribution in [2.75, 3.05) is 4.90 Å². The number of anilines is 3. The number of aromatic nitrogens is 1. The molecule has 0 aliphatic heterocycles. The minimum Gasteiger partial charge on any atom is -0.310 e. The molecular formula is C59H56N2. The second kappa shape index (κ2) is 14.1. The minimum atomic E-state index is 0.0837. The molecule has 302 valence electrons. The standard InChI is InChI=1S/C59H56N2/c1-4-17-56-46(6-3)50-24-9-12-27-57(50)61(56)43-21-16-20-42(36-43)60(45-28-30-49-47-22-7-10-25-52(47)58(55(49)38-45)32-13-14-33-58)44-29-31-54-51(37-44)48-23-8-11-26-53(48)59(54)40-18-15-19-41(59)35-39(5-2)34-40/h4,6-12,16-17,20-31,36-41H,3,5,13-15,18-19,32-35H2,1-2H3/b17-4-. The third-order valence-electron chi connectivity index (χ3n) is 16.4. The van der Waals surface area contributed by atoms with Gasteiger partial charge in [0.05, 0.1) is 11.2 Å². The van der Waals surface area contributed by atoms with Crippen molar-refractivity contribution >= 4 is 40.1 Å². The van der Waals surface area contributed by atoms with Crippen LogP contribution in [-0.4, -0.2) is 4.57 Å². The number of rotatable bonds is 7. The predicted molar refractivity (Wildman–Crippen MR) is 258 cm³/mol. The molecule has 2 unspecified atom stereocenters. The Morgan fingerprint density at radius 1 is 0.639 bits per heavy atom. The summed E-state index contributed by atoms with van der Waals surface area (Å²) < 4.78 is 2.43. The molecule has 12 rings (SSSR count). The minimum absolute atomic E-state index is 0.0837. The SMILES string of the molecule is C=Cc1c(/C=C\C)n(-c2cccc(N(c3ccc4c(c3)-c3ccccc3C43C4CCCC3CC(CC)C4)c3ccc4c(c3)C3(CCCC3)c3ccccc3-4)c2)c2ccccc12. The normalized spacial score (nSPS) is 22.8. The molecule has 3 fully saturated rings. The quantitative estimate of drug-likeness (QED) is 0.156. The topological polar surface area (TPSA) is 8.17 Å². The first-order chi connectivity index (χ1) is 30.1. The van der Waals surface area contributed by atoms with Gasteiger partial charge in [-0.2, -0.15) is 0 Å².